The summed E-state index contributed by atoms with van der Waals surface area (Å²) in [5.74, 6) is -0.251. The van der Waals surface area contributed by atoms with E-state index in [1.54, 1.807) is 0 Å². The van der Waals surface area contributed by atoms with E-state index in [1.807, 2.05) is 0 Å². The summed E-state index contributed by atoms with van der Waals surface area (Å²) in [6, 6.07) is 8.44. The number of amides is 2. The number of carbonyl (C=O) groups is 2. The van der Waals surface area contributed by atoms with Crippen molar-refractivity contribution in [2.45, 2.75) is 38.6 Å². The van der Waals surface area contributed by atoms with Crippen LogP contribution >= 0.6 is 0 Å². The van der Waals surface area contributed by atoms with Crippen molar-refractivity contribution in [1.82, 2.24) is 15.2 Å². The van der Waals surface area contributed by atoms with Crippen molar-refractivity contribution >= 4 is 22.7 Å². The van der Waals surface area contributed by atoms with Crippen LogP contribution in [0.3, 0.4) is 0 Å². The number of rotatable bonds is 15. The quantitative estimate of drug-likeness (QED) is 0.349. The Balaban J connectivity index is 1.73. The molecular formula is C24H33N3O3. The number of benzene rings is 1. The van der Waals surface area contributed by atoms with E-state index >= 15 is 0 Å². The number of ether oxygens (including phenoxy) is 1. The van der Waals surface area contributed by atoms with E-state index < -0.39 is 0 Å². The zero-order chi connectivity index (χ0) is 21.6. The summed E-state index contributed by atoms with van der Waals surface area (Å²) in [4.78, 5) is 22.3. The molecule has 0 unspecified atom stereocenters. The molecule has 0 saturated heterocycles. The number of hydrogen-bond donors (Lipinski definition) is 2. The number of nitrogens with zero attached hydrogens (tertiary/aromatic N) is 1. The number of hydrogen-bond acceptors (Lipinski definition) is 3. The van der Waals surface area contributed by atoms with Gasteiger partial charge in [0.1, 0.15) is 0 Å². The minimum Gasteiger partial charge on any atom is -0.381 e. The summed E-state index contributed by atoms with van der Waals surface area (Å²) in [6.07, 6.45) is 9.42. The van der Waals surface area contributed by atoms with Crippen LogP contribution in [-0.4, -0.2) is 42.7 Å². The van der Waals surface area contributed by atoms with Crippen LogP contribution < -0.4 is 10.6 Å². The first-order valence-electron chi connectivity index (χ1n) is 10.6. The van der Waals surface area contributed by atoms with Crippen molar-refractivity contribution in [2.24, 2.45) is 0 Å². The van der Waals surface area contributed by atoms with E-state index in [-0.39, 0.29) is 11.8 Å². The molecule has 0 saturated carbocycles. The maximum Gasteiger partial charge on any atom is 0.243 e. The third-order valence-electron chi connectivity index (χ3n) is 4.90. The molecule has 6 nitrogen and oxygen atoms in total. The maximum absolute atomic E-state index is 11.2. The van der Waals surface area contributed by atoms with Gasteiger partial charge in [-0.05, 0) is 55.9 Å². The van der Waals surface area contributed by atoms with Gasteiger partial charge in [-0.1, -0.05) is 31.4 Å². The first-order valence-corrected chi connectivity index (χ1v) is 10.6. The van der Waals surface area contributed by atoms with Crippen molar-refractivity contribution < 1.29 is 14.3 Å². The highest BCUT2D eigenvalue weighted by Crippen LogP contribution is 2.22. The van der Waals surface area contributed by atoms with Gasteiger partial charge in [-0.15, -0.1) is 0 Å². The molecule has 0 fully saturated rings. The van der Waals surface area contributed by atoms with Gasteiger partial charge in [0.25, 0.3) is 0 Å². The van der Waals surface area contributed by atoms with E-state index in [2.05, 4.69) is 58.8 Å². The van der Waals surface area contributed by atoms with Gasteiger partial charge >= 0.3 is 0 Å². The zero-order valence-corrected chi connectivity index (χ0v) is 17.7. The Kier molecular flexibility index (Phi) is 10.4. The van der Waals surface area contributed by atoms with Gasteiger partial charge in [0, 0.05) is 43.3 Å². The summed E-state index contributed by atoms with van der Waals surface area (Å²) in [5, 5.41) is 6.85. The van der Waals surface area contributed by atoms with E-state index in [0.29, 0.717) is 26.3 Å². The Labute approximate surface area is 179 Å². The zero-order valence-electron chi connectivity index (χ0n) is 17.7. The van der Waals surface area contributed by atoms with Crippen LogP contribution in [-0.2, 0) is 27.3 Å². The molecule has 2 aromatic rings. The molecule has 0 aliphatic heterocycles. The van der Waals surface area contributed by atoms with Crippen molar-refractivity contribution in [3.05, 3.63) is 61.3 Å². The van der Waals surface area contributed by atoms with Crippen molar-refractivity contribution in [3.8, 4) is 0 Å². The minimum atomic E-state index is -0.131. The smallest absolute Gasteiger partial charge is 0.243 e. The van der Waals surface area contributed by atoms with Crippen molar-refractivity contribution in [2.75, 3.05) is 26.3 Å². The fraction of sp³-hybridized carbons (Fsp3) is 0.417. The van der Waals surface area contributed by atoms with E-state index in [9.17, 15) is 9.59 Å². The monoisotopic (exact) mass is 411 g/mol. The van der Waals surface area contributed by atoms with Crippen molar-refractivity contribution in [1.29, 1.82) is 0 Å². The lowest BCUT2D eigenvalue weighted by Gasteiger charge is -2.06. The Morgan fingerprint density at radius 2 is 1.60 bits per heavy atom. The molecule has 2 N–H and O–H groups in total. The molecule has 0 spiro atoms. The van der Waals surface area contributed by atoms with E-state index in [1.165, 1.54) is 28.6 Å². The number of unbranched alkanes of at least 4 members (excludes halogenated alkanes) is 2. The fourth-order valence-corrected chi connectivity index (χ4v) is 3.30. The molecule has 1 heterocycles. The summed E-state index contributed by atoms with van der Waals surface area (Å²) in [5.41, 5.74) is 2.53. The second-order valence-electron chi connectivity index (χ2n) is 7.13. The average Bonchev–Trinajstić information content (AvgIpc) is 3.12. The molecule has 2 amide bonds. The van der Waals surface area contributed by atoms with Gasteiger partial charge in [0.05, 0.1) is 6.61 Å². The lowest BCUT2D eigenvalue weighted by Crippen LogP contribution is -2.22. The lowest BCUT2D eigenvalue weighted by atomic mass is 10.1. The third kappa shape index (κ3) is 7.87. The molecule has 0 bridgehead atoms. The normalized spacial score (nSPS) is 10.7. The van der Waals surface area contributed by atoms with Crippen LogP contribution in [0, 0.1) is 0 Å². The molecule has 0 atom stereocenters. The topological polar surface area (TPSA) is 72.4 Å². The second-order valence-corrected chi connectivity index (χ2v) is 7.13. The Morgan fingerprint density at radius 3 is 2.30 bits per heavy atom. The molecular weight excluding hydrogens is 378 g/mol. The summed E-state index contributed by atoms with van der Waals surface area (Å²) >= 11 is 0. The van der Waals surface area contributed by atoms with E-state index in [0.717, 1.165) is 38.6 Å². The fourth-order valence-electron chi connectivity index (χ4n) is 3.30. The molecule has 0 aliphatic rings. The van der Waals surface area contributed by atoms with E-state index in [4.69, 9.17) is 4.74 Å². The molecule has 30 heavy (non-hydrogen) atoms. The number of aromatic nitrogens is 1. The van der Waals surface area contributed by atoms with Gasteiger partial charge in [-0.25, -0.2) is 0 Å². The Morgan fingerprint density at radius 1 is 0.933 bits per heavy atom. The third-order valence-corrected chi connectivity index (χ3v) is 4.90. The van der Waals surface area contributed by atoms with Crippen LogP contribution in [0.2, 0.25) is 0 Å². The first-order chi connectivity index (χ1) is 14.7. The SMILES string of the molecule is C=CC(=O)NCCCCOCCc1cn(CCCCNC(=O)C=C)c2ccccc12. The van der Waals surface area contributed by atoms with Gasteiger partial charge < -0.3 is 19.9 Å². The highest BCUT2D eigenvalue weighted by molar-refractivity contribution is 5.87. The number of fused-ring (bicyclic) bond motifs is 1. The van der Waals surface area contributed by atoms with Crippen LogP contribution in [0.5, 0.6) is 0 Å². The summed E-state index contributed by atoms with van der Waals surface area (Å²) in [7, 11) is 0. The molecule has 0 aliphatic carbocycles. The first kappa shape index (κ1) is 23.4. The molecule has 0 radical (unpaired) electrons. The van der Waals surface area contributed by atoms with Crippen LogP contribution in [0.15, 0.2) is 55.8 Å². The van der Waals surface area contributed by atoms with Gasteiger partial charge in [0.2, 0.25) is 11.8 Å². The largest absolute Gasteiger partial charge is 0.381 e. The lowest BCUT2D eigenvalue weighted by molar-refractivity contribution is -0.117. The predicted octanol–water partition coefficient (Wildman–Crippen LogP) is 3.37. The van der Waals surface area contributed by atoms with Gasteiger partial charge in [-0.2, -0.15) is 0 Å². The predicted molar refractivity (Wildman–Crippen MR) is 121 cm³/mol. The molecule has 1 aromatic heterocycles. The summed E-state index contributed by atoms with van der Waals surface area (Å²) < 4.78 is 8.08. The number of para-hydroxylation sites is 1. The highest BCUT2D eigenvalue weighted by Gasteiger charge is 2.08. The van der Waals surface area contributed by atoms with Gasteiger partial charge in [0.15, 0.2) is 0 Å². The number of aryl methyl sites for hydroxylation is 1. The Bertz CT molecular complexity index is 841. The summed E-state index contributed by atoms with van der Waals surface area (Å²) in [6.45, 7) is 10.5. The van der Waals surface area contributed by atoms with Crippen LogP contribution in [0.1, 0.15) is 31.2 Å². The molecule has 162 valence electrons. The molecule has 6 heteroatoms. The Hall–Kier alpha value is -2.86. The van der Waals surface area contributed by atoms with Gasteiger partial charge in [-0.3, -0.25) is 9.59 Å². The van der Waals surface area contributed by atoms with Crippen molar-refractivity contribution in [3.63, 3.8) is 0 Å². The van der Waals surface area contributed by atoms with Crippen LogP contribution in [0.25, 0.3) is 10.9 Å². The average molecular weight is 412 g/mol. The van der Waals surface area contributed by atoms with Crippen LogP contribution in [0.4, 0.5) is 0 Å². The maximum atomic E-state index is 11.2. The standard InChI is InChI=1S/C24H33N3O3/c1-3-23(28)25-14-7-9-16-27-19-20(21-11-5-6-12-22(21)27)13-18-30-17-10-8-15-26-24(29)4-2/h3-6,11-12,19H,1-2,7-10,13-18H2,(H,25,28)(H,26,29). The molecule has 2 rings (SSSR count). The number of nitrogens with one attached hydrogen (secondary N) is 2. The highest BCUT2D eigenvalue weighted by atomic mass is 16.5. The minimum absolute atomic E-state index is 0.120. The molecule has 1 aromatic carbocycles. The second kappa shape index (κ2) is 13.4. The number of carbonyl (C=O) groups excluding carboxylic acids is 2.